The predicted molar refractivity (Wildman–Crippen MR) is 204 cm³/mol. The molecule has 0 amide bonds. The maximum absolute atomic E-state index is 2.46. The number of benzene rings is 8. The van der Waals surface area contributed by atoms with Gasteiger partial charge in [0.05, 0.1) is 0 Å². The van der Waals surface area contributed by atoms with Crippen LogP contribution in [-0.2, 0) is 0 Å². The molecule has 2 heterocycles. The molecule has 0 spiro atoms. The first-order chi connectivity index (χ1) is 22.8. The highest BCUT2D eigenvalue weighted by Crippen LogP contribution is 2.47. The summed E-state index contributed by atoms with van der Waals surface area (Å²) in [6.07, 6.45) is 0. The minimum absolute atomic E-state index is 1.26. The van der Waals surface area contributed by atoms with E-state index < -0.39 is 0 Å². The second-order valence-electron chi connectivity index (χ2n) is 12.0. The monoisotopic (exact) mass is 618 g/mol. The summed E-state index contributed by atoms with van der Waals surface area (Å²) >= 11 is 3.78. The molecule has 0 saturated heterocycles. The first-order valence-electron chi connectivity index (χ1n) is 15.7. The van der Waals surface area contributed by atoms with E-state index in [0.29, 0.717) is 0 Å². The van der Waals surface area contributed by atoms with Crippen molar-refractivity contribution < 1.29 is 0 Å². The molecule has 10 rings (SSSR count). The van der Waals surface area contributed by atoms with Crippen LogP contribution in [0.25, 0.3) is 95.3 Å². The zero-order valence-electron chi connectivity index (χ0n) is 24.8. The maximum Gasteiger partial charge on any atom is 0.0362 e. The molecule has 0 aliphatic rings. The third-order valence-electron chi connectivity index (χ3n) is 9.45. The van der Waals surface area contributed by atoms with Crippen molar-refractivity contribution >= 4 is 85.2 Å². The Morgan fingerprint density at radius 2 is 0.826 bits per heavy atom. The molecule has 0 saturated carbocycles. The van der Waals surface area contributed by atoms with Crippen LogP contribution in [0.1, 0.15) is 0 Å². The standard InChI is InChI=1S/C44H26S2/c1-2-11-28(12-3-1)41-26-37-39(46-41)22-23-40-44(37)36-25-31(20-21-38(36)45-40)43-34-16-8-6-14-32(34)42(33-15-7-9-17-35(33)43)30-19-18-27-10-4-5-13-29(27)24-30/h1-26H. The fraction of sp³-hybridized carbons (Fsp3) is 0. The lowest BCUT2D eigenvalue weighted by atomic mass is 9.85. The average molecular weight is 619 g/mol. The second-order valence-corrected chi connectivity index (χ2v) is 14.2. The summed E-state index contributed by atoms with van der Waals surface area (Å²) in [5, 5.41) is 11.7. The summed E-state index contributed by atoms with van der Waals surface area (Å²) in [6.45, 7) is 0. The van der Waals surface area contributed by atoms with Gasteiger partial charge in [-0.25, -0.2) is 0 Å². The fourth-order valence-corrected chi connectivity index (χ4v) is 9.56. The van der Waals surface area contributed by atoms with Crippen molar-refractivity contribution in [2.45, 2.75) is 0 Å². The highest BCUT2D eigenvalue weighted by Gasteiger charge is 2.19. The molecule has 0 aliphatic heterocycles. The summed E-state index contributed by atoms with van der Waals surface area (Å²) in [4.78, 5) is 1.32. The molecule has 0 N–H and O–H groups in total. The molecule has 0 nitrogen and oxygen atoms in total. The topological polar surface area (TPSA) is 0 Å². The van der Waals surface area contributed by atoms with Gasteiger partial charge >= 0.3 is 0 Å². The Morgan fingerprint density at radius 1 is 0.304 bits per heavy atom. The van der Waals surface area contributed by atoms with Crippen LogP contribution in [0.4, 0.5) is 0 Å². The van der Waals surface area contributed by atoms with Crippen molar-refractivity contribution in [3.63, 3.8) is 0 Å². The SMILES string of the molecule is c1ccc(-c2cc3c(ccc4sc5ccc(-c6c7ccccc7c(-c7ccc8ccccc8c7)c7ccccc67)cc5c43)s2)cc1. The van der Waals surface area contributed by atoms with E-state index in [0.717, 1.165) is 0 Å². The molecule has 10 aromatic rings. The van der Waals surface area contributed by atoms with E-state index in [9.17, 15) is 0 Å². The van der Waals surface area contributed by atoms with Crippen molar-refractivity contribution in [3.8, 4) is 32.7 Å². The third-order valence-corrected chi connectivity index (χ3v) is 11.7. The van der Waals surface area contributed by atoms with Gasteiger partial charge in [0.25, 0.3) is 0 Å². The molecule has 0 unspecified atom stereocenters. The summed E-state index contributed by atoms with van der Waals surface area (Å²) in [7, 11) is 0. The molecule has 0 fully saturated rings. The average Bonchev–Trinajstić information content (AvgIpc) is 3.72. The third kappa shape index (κ3) is 3.91. The van der Waals surface area contributed by atoms with Crippen LogP contribution in [0.2, 0.25) is 0 Å². The lowest BCUT2D eigenvalue weighted by Crippen LogP contribution is -1.91. The summed E-state index contributed by atoms with van der Waals surface area (Å²) < 4.78 is 4.02. The van der Waals surface area contributed by atoms with E-state index in [4.69, 9.17) is 0 Å². The molecular weight excluding hydrogens is 593 g/mol. The Balaban J connectivity index is 1.25. The van der Waals surface area contributed by atoms with Crippen LogP contribution in [0, 0.1) is 0 Å². The molecule has 214 valence electrons. The van der Waals surface area contributed by atoms with Crippen molar-refractivity contribution in [3.05, 3.63) is 158 Å². The molecular formula is C44H26S2. The summed E-state index contributed by atoms with van der Waals surface area (Å²) in [5.41, 5.74) is 6.41. The Bertz CT molecular complexity index is 2740. The van der Waals surface area contributed by atoms with Crippen LogP contribution in [0.5, 0.6) is 0 Å². The van der Waals surface area contributed by atoms with Crippen LogP contribution >= 0.6 is 22.7 Å². The van der Waals surface area contributed by atoms with Gasteiger partial charge in [-0.3, -0.25) is 0 Å². The number of fused-ring (bicyclic) bond motifs is 8. The van der Waals surface area contributed by atoms with Crippen molar-refractivity contribution in [2.24, 2.45) is 0 Å². The van der Waals surface area contributed by atoms with Crippen molar-refractivity contribution in [2.75, 3.05) is 0 Å². The lowest BCUT2D eigenvalue weighted by Gasteiger charge is -2.18. The van der Waals surface area contributed by atoms with E-state index in [1.54, 1.807) is 0 Å². The van der Waals surface area contributed by atoms with E-state index in [2.05, 4.69) is 158 Å². The summed E-state index contributed by atoms with van der Waals surface area (Å²) in [6, 6.07) is 58.4. The largest absolute Gasteiger partial charge is 0.135 e. The van der Waals surface area contributed by atoms with Crippen LogP contribution < -0.4 is 0 Å². The van der Waals surface area contributed by atoms with Gasteiger partial charge < -0.3 is 0 Å². The van der Waals surface area contributed by atoms with E-state index in [1.165, 1.54) is 95.3 Å². The minimum Gasteiger partial charge on any atom is -0.135 e. The molecule has 0 aliphatic carbocycles. The van der Waals surface area contributed by atoms with E-state index in [1.807, 2.05) is 22.7 Å². The molecule has 0 radical (unpaired) electrons. The number of thiophene rings is 2. The van der Waals surface area contributed by atoms with Gasteiger partial charge in [0.2, 0.25) is 0 Å². The summed E-state index contributed by atoms with van der Waals surface area (Å²) in [5.74, 6) is 0. The first-order valence-corrected chi connectivity index (χ1v) is 17.3. The fourth-order valence-electron chi connectivity index (χ4n) is 7.38. The van der Waals surface area contributed by atoms with Gasteiger partial charge in [-0.1, -0.05) is 121 Å². The molecule has 8 aromatic carbocycles. The van der Waals surface area contributed by atoms with Crippen LogP contribution in [-0.4, -0.2) is 0 Å². The van der Waals surface area contributed by atoms with Gasteiger partial charge in [0, 0.05) is 35.1 Å². The molecule has 46 heavy (non-hydrogen) atoms. The highest BCUT2D eigenvalue weighted by molar-refractivity contribution is 7.26. The van der Waals surface area contributed by atoms with Gasteiger partial charge in [-0.15, -0.1) is 22.7 Å². The molecule has 2 aromatic heterocycles. The zero-order valence-corrected chi connectivity index (χ0v) is 26.5. The predicted octanol–water partition coefficient (Wildman–Crippen LogP) is 13.7. The smallest absolute Gasteiger partial charge is 0.0362 e. The Hall–Kier alpha value is -5.28. The quantitative estimate of drug-likeness (QED) is 0.173. The van der Waals surface area contributed by atoms with Gasteiger partial charge in [0.1, 0.15) is 0 Å². The number of hydrogen-bond acceptors (Lipinski definition) is 2. The molecule has 0 bridgehead atoms. The maximum atomic E-state index is 2.46. The van der Waals surface area contributed by atoms with E-state index >= 15 is 0 Å². The Morgan fingerprint density at radius 3 is 1.54 bits per heavy atom. The Labute approximate surface area is 274 Å². The zero-order chi connectivity index (χ0) is 30.2. The second kappa shape index (κ2) is 10.1. The van der Waals surface area contributed by atoms with Gasteiger partial charge in [-0.2, -0.15) is 0 Å². The van der Waals surface area contributed by atoms with Crippen molar-refractivity contribution in [1.82, 2.24) is 0 Å². The van der Waals surface area contributed by atoms with Crippen molar-refractivity contribution in [1.29, 1.82) is 0 Å². The molecule has 2 heteroatoms. The number of rotatable bonds is 3. The van der Waals surface area contributed by atoms with Gasteiger partial charge in [-0.05, 0) is 96.5 Å². The van der Waals surface area contributed by atoms with Crippen LogP contribution in [0.3, 0.4) is 0 Å². The normalized spacial score (nSPS) is 11.9. The first kappa shape index (κ1) is 26.0. The van der Waals surface area contributed by atoms with Gasteiger partial charge in [0.15, 0.2) is 0 Å². The minimum atomic E-state index is 1.26. The Kier molecular flexibility index (Phi) is 5.72. The van der Waals surface area contributed by atoms with E-state index in [-0.39, 0.29) is 0 Å². The number of hydrogen-bond donors (Lipinski definition) is 0. The lowest BCUT2D eigenvalue weighted by molar-refractivity contribution is 1.69. The molecule has 0 atom stereocenters. The van der Waals surface area contributed by atoms with Crippen LogP contribution in [0.15, 0.2) is 158 Å². The highest BCUT2D eigenvalue weighted by atomic mass is 32.1.